The lowest BCUT2D eigenvalue weighted by molar-refractivity contribution is -0.121. The maximum absolute atomic E-state index is 12.2. The lowest BCUT2D eigenvalue weighted by Gasteiger charge is -2.16. The number of hydrazine groups is 1. The summed E-state index contributed by atoms with van der Waals surface area (Å²) >= 11 is 1.51. The number of benzene rings is 1. The van der Waals surface area contributed by atoms with Crippen molar-refractivity contribution in [3.63, 3.8) is 0 Å². The molecule has 0 bridgehead atoms. The van der Waals surface area contributed by atoms with Gasteiger partial charge >= 0.3 is 0 Å². The molecule has 1 aromatic carbocycles. The average Bonchev–Trinajstić information content (AvgIpc) is 3.02. The molecule has 25 heavy (non-hydrogen) atoms. The summed E-state index contributed by atoms with van der Waals surface area (Å²) in [4.78, 5) is 26.0. The van der Waals surface area contributed by atoms with Gasteiger partial charge in [0.05, 0.1) is 4.88 Å². The van der Waals surface area contributed by atoms with Gasteiger partial charge in [0, 0.05) is 11.3 Å². The van der Waals surface area contributed by atoms with Crippen LogP contribution in [0.3, 0.4) is 0 Å². The minimum Gasteiger partial charge on any atom is -0.508 e. The van der Waals surface area contributed by atoms with Gasteiger partial charge in [0.15, 0.2) is 0 Å². The summed E-state index contributed by atoms with van der Waals surface area (Å²) in [6.07, 6.45) is 3.82. The zero-order valence-corrected chi connectivity index (χ0v) is 15.0. The SMILES string of the molecule is CC1CCc2sc(C(=O)NNC(=O)CCc3ccccc3O)cc2C1. The van der Waals surface area contributed by atoms with Gasteiger partial charge in [-0.1, -0.05) is 25.1 Å². The third-order valence-corrected chi connectivity index (χ3v) is 5.72. The Labute approximate surface area is 151 Å². The second-order valence-corrected chi connectivity index (χ2v) is 7.67. The number of fused-ring (bicyclic) bond motifs is 1. The molecule has 1 unspecified atom stereocenters. The number of thiophene rings is 1. The molecule has 1 atom stereocenters. The second kappa shape index (κ2) is 7.70. The number of hydrogen-bond acceptors (Lipinski definition) is 4. The first-order valence-electron chi connectivity index (χ1n) is 8.50. The number of phenols is 1. The smallest absolute Gasteiger partial charge is 0.279 e. The van der Waals surface area contributed by atoms with Crippen molar-refractivity contribution in [1.82, 2.24) is 10.9 Å². The van der Waals surface area contributed by atoms with Crippen molar-refractivity contribution in [2.75, 3.05) is 0 Å². The normalized spacial score (nSPS) is 16.1. The molecule has 1 aliphatic carbocycles. The van der Waals surface area contributed by atoms with Gasteiger partial charge in [-0.25, -0.2) is 0 Å². The van der Waals surface area contributed by atoms with Crippen LogP contribution in [0.25, 0.3) is 0 Å². The highest BCUT2D eigenvalue weighted by Crippen LogP contribution is 2.32. The molecule has 6 heteroatoms. The third-order valence-electron chi connectivity index (χ3n) is 4.48. The average molecular weight is 358 g/mol. The molecule has 1 aliphatic rings. The summed E-state index contributed by atoms with van der Waals surface area (Å²) in [5.74, 6) is 0.277. The predicted molar refractivity (Wildman–Crippen MR) is 97.5 cm³/mol. The number of nitrogens with one attached hydrogen (secondary N) is 2. The highest BCUT2D eigenvalue weighted by Gasteiger charge is 2.20. The highest BCUT2D eigenvalue weighted by molar-refractivity contribution is 7.14. The summed E-state index contributed by atoms with van der Waals surface area (Å²) in [6, 6.07) is 8.86. The van der Waals surface area contributed by atoms with Crippen LogP contribution >= 0.6 is 11.3 Å². The Morgan fingerprint density at radius 2 is 2.08 bits per heavy atom. The summed E-state index contributed by atoms with van der Waals surface area (Å²) in [6.45, 7) is 2.23. The van der Waals surface area contributed by atoms with E-state index in [-0.39, 0.29) is 24.0 Å². The van der Waals surface area contributed by atoms with Gasteiger partial charge in [-0.15, -0.1) is 11.3 Å². The van der Waals surface area contributed by atoms with E-state index in [4.69, 9.17) is 0 Å². The van der Waals surface area contributed by atoms with Gasteiger partial charge in [0.1, 0.15) is 5.75 Å². The summed E-state index contributed by atoms with van der Waals surface area (Å²) in [5.41, 5.74) is 6.90. The van der Waals surface area contributed by atoms with Gasteiger partial charge < -0.3 is 5.11 Å². The fourth-order valence-corrected chi connectivity index (χ4v) is 4.14. The molecular formula is C19H22N2O3S. The number of aryl methyl sites for hydroxylation is 2. The van der Waals surface area contributed by atoms with Crippen molar-refractivity contribution in [1.29, 1.82) is 0 Å². The zero-order valence-electron chi connectivity index (χ0n) is 14.2. The molecule has 0 radical (unpaired) electrons. The molecule has 1 heterocycles. The molecule has 3 rings (SSSR count). The standard InChI is InChI=1S/C19H22N2O3S/c1-12-6-8-16-14(10-12)11-17(25-16)19(24)21-20-18(23)9-7-13-4-2-3-5-15(13)22/h2-5,11-12,22H,6-10H2,1H3,(H,20,23)(H,21,24). The number of aromatic hydroxyl groups is 1. The lowest BCUT2D eigenvalue weighted by atomic mass is 9.90. The largest absolute Gasteiger partial charge is 0.508 e. The number of amides is 2. The summed E-state index contributed by atoms with van der Waals surface area (Å²) in [7, 11) is 0. The van der Waals surface area contributed by atoms with E-state index < -0.39 is 0 Å². The van der Waals surface area contributed by atoms with Crippen LogP contribution in [-0.4, -0.2) is 16.9 Å². The topological polar surface area (TPSA) is 78.4 Å². The molecule has 0 aliphatic heterocycles. The molecule has 3 N–H and O–H groups in total. The number of para-hydroxylation sites is 1. The zero-order chi connectivity index (χ0) is 17.8. The monoisotopic (exact) mass is 358 g/mol. The Morgan fingerprint density at radius 1 is 1.28 bits per heavy atom. The van der Waals surface area contributed by atoms with Crippen molar-refractivity contribution in [3.05, 3.63) is 51.2 Å². The summed E-state index contributed by atoms with van der Waals surface area (Å²) < 4.78 is 0. The van der Waals surface area contributed by atoms with Crippen LogP contribution in [0.4, 0.5) is 0 Å². The van der Waals surface area contributed by atoms with E-state index in [1.165, 1.54) is 21.8 Å². The Kier molecular flexibility index (Phi) is 5.38. The van der Waals surface area contributed by atoms with Crippen LogP contribution in [0.5, 0.6) is 5.75 Å². The summed E-state index contributed by atoms with van der Waals surface area (Å²) in [5, 5.41) is 9.69. The number of rotatable bonds is 4. The maximum Gasteiger partial charge on any atom is 0.279 e. The van der Waals surface area contributed by atoms with Crippen LogP contribution in [0, 0.1) is 5.92 Å². The molecule has 2 aromatic rings. The maximum atomic E-state index is 12.2. The first kappa shape index (κ1) is 17.5. The number of hydrogen-bond donors (Lipinski definition) is 3. The van der Waals surface area contributed by atoms with Crippen molar-refractivity contribution in [2.45, 2.75) is 39.0 Å². The molecule has 0 spiro atoms. The third kappa shape index (κ3) is 4.39. The Hall–Kier alpha value is -2.34. The second-order valence-electron chi connectivity index (χ2n) is 6.54. The Bertz CT molecular complexity index is 785. The van der Waals surface area contributed by atoms with E-state index >= 15 is 0 Å². The molecule has 0 saturated heterocycles. The molecule has 1 aromatic heterocycles. The van der Waals surface area contributed by atoms with Gasteiger partial charge in [-0.05, 0) is 54.9 Å². The van der Waals surface area contributed by atoms with Crippen LogP contribution < -0.4 is 10.9 Å². The van der Waals surface area contributed by atoms with E-state index in [1.807, 2.05) is 12.1 Å². The van der Waals surface area contributed by atoms with Crippen molar-refractivity contribution in [3.8, 4) is 5.75 Å². The van der Waals surface area contributed by atoms with Crippen LogP contribution in [-0.2, 0) is 24.1 Å². The first-order valence-corrected chi connectivity index (χ1v) is 9.32. The van der Waals surface area contributed by atoms with Gasteiger partial charge in [0.25, 0.3) is 5.91 Å². The molecule has 0 saturated carbocycles. The number of phenolic OH excluding ortho intramolecular Hbond substituents is 1. The molecule has 2 amide bonds. The van der Waals surface area contributed by atoms with Crippen molar-refractivity contribution < 1.29 is 14.7 Å². The minimum absolute atomic E-state index is 0.178. The molecule has 132 valence electrons. The lowest BCUT2D eigenvalue weighted by Crippen LogP contribution is -2.41. The van der Waals surface area contributed by atoms with E-state index in [0.717, 1.165) is 19.3 Å². The van der Waals surface area contributed by atoms with E-state index in [1.54, 1.807) is 18.2 Å². The van der Waals surface area contributed by atoms with E-state index in [9.17, 15) is 14.7 Å². The Balaban J connectivity index is 1.49. The van der Waals surface area contributed by atoms with Crippen molar-refractivity contribution in [2.24, 2.45) is 5.92 Å². The molecule has 0 fully saturated rings. The fraction of sp³-hybridized carbons (Fsp3) is 0.368. The molecule has 5 nitrogen and oxygen atoms in total. The Morgan fingerprint density at radius 3 is 2.88 bits per heavy atom. The van der Waals surface area contributed by atoms with Gasteiger partial charge in [0.2, 0.25) is 5.91 Å². The quantitative estimate of drug-likeness (QED) is 0.735. The fourth-order valence-electron chi connectivity index (χ4n) is 3.04. The number of carbonyl (C=O) groups excluding carboxylic acids is 2. The van der Waals surface area contributed by atoms with Gasteiger partial charge in [-0.3, -0.25) is 20.4 Å². The predicted octanol–water partition coefficient (Wildman–Crippen LogP) is 2.97. The van der Waals surface area contributed by atoms with E-state index in [0.29, 0.717) is 22.8 Å². The first-order chi connectivity index (χ1) is 12.0. The van der Waals surface area contributed by atoms with Crippen LogP contribution in [0.1, 0.15) is 45.4 Å². The minimum atomic E-state index is -0.286. The van der Waals surface area contributed by atoms with Crippen LogP contribution in [0.2, 0.25) is 0 Å². The van der Waals surface area contributed by atoms with Crippen LogP contribution in [0.15, 0.2) is 30.3 Å². The highest BCUT2D eigenvalue weighted by atomic mass is 32.1. The van der Waals surface area contributed by atoms with Crippen molar-refractivity contribution >= 4 is 23.2 Å². The molecular weight excluding hydrogens is 336 g/mol. The number of carbonyl (C=O) groups is 2. The van der Waals surface area contributed by atoms with E-state index in [2.05, 4.69) is 17.8 Å². The van der Waals surface area contributed by atoms with Gasteiger partial charge in [-0.2, -0.15) is 0 Å².